The summed E-state index contributed by atoms with van der Waals surface area (Å²) in [5.41, 5.74) is 7.55. The normalized spacial score (nSPS) is 11.8. The molecule has 2 aromatic carbocycles. The van der Waals surface area contributed by atoms with E-state index in [1.807, 2.05) is 31.2 Å². The summed E-state index contributed by atoms with van der Waals surface area (Å²) >= 11 is 0. The van der Waals surface area contributed by atoms with E-state index in [0.717, 1.165) is 23.3 Å². The van der Waals surface area contributed by atoms with Crippen molar-refractivity contribution >= 4 is 11.8 Å². The smallest absolute Gasteiger partial charge is 0.240 e. The predicted octanol–water partition coefficient (Wildman–Crippen LogP) is 2.03. The molecule has 2 aromatic rings. The van der Waals surface area contributed by atoms with Crippen molar-refractivity contribution < 1.29 is 18.4 Å². The first-order chi connectivity index (χ1) is 11.3. The quantitative estimate of drug-likeness (QED) is 0.849. The molecule has 24 heavy (non-hydrogen) atoms. The van der Waals surface area contributed by atoms with Crippen LogP contribution in [-0.4, -0.2) is 17.9 Å². The fraction of sp³-hybridized carbons (Fsp3) is 0.222. The molecule has 0 saturated heterocycles. The minimum Gasteiger partial charge on any atom is -0.368 e. The van der Waals surface area contributed by atoms with Gasteiger partial charge in [0, 0.05) is 6.42 Å². The Morgan fingerprint density at radius 2 is 1.83 bits per heavy atom. The molecule has 0 aliphatic heterocycles. The average molecular weight is 332 g/mol. The first-order valence-corrected chi connectivity index (χ1v) is 7.43. The number of nitrogens with two attached hydrogens (primary N) is 1. The third-order valence-corrected chi connectivity index (χ3v) is 3.55. The summed E-state index contributed by atoms with van der Waals surface area (Å²) in [7, 11) is 0. The summed E-state index contributed by atoms with van der Waals surface area (Å²) in [5.74, 6) is -3.15. The minimum absolute atomic E-state index is 0.172. The Morgan fingerprint density at radius 3 is 2.46 bits per heavy atom. The minimum atomic E-state index is -1.02. The molecular formula is C18H18F2N2O2. The Hall–Kier alpha value is -2.76. The van der Waals surface area contributed by atoms with Gasteiger partial charge in [-0.3, -0.25) is 9.59 Å². The van der Waals surface area contributed by atoms with E-state index < -0.39 is 29.5 Å². The van der Waals surface area contributed by atoms with E-state index in [2.05, 4.69) is 5.32 Å². The number of carbonyl (C=O) groups excluding carboxylic acids is 2. The Bertz CT molecular complexity index is 762. The lowest BCUT2D eigenvalue weighted by Crippen LogP contribution is -2.46. The topological polar surface area (TPSA) is 72.2 Å². The lowest BCUT2D eigenvalue weighted by molar-refractivity contribution is -0.127. The van der Waals surface area contributed by atoms with Crippen molar-refractivity contribution in [1.82, 2.24) is 5.32 Å². The zero-order valence-corrected chi connectivity index (χ0v) is 13.2. The highest BCUT2D eigenvalue weighted by atomic mass is 19.2. The van der Waals surface area contributed by atoms with Crippen molar-refractivity contribution in [2.24, 2.45) is 5.73 Å². The summed E-state index contributed by atoms with van der Waals surface area (Å²) in [6.07, 6.45) is 0.0926. The standard InChI is InChI=1S/C18H18F2N2O2/c1-11-3-2-4-12(7-11)9-16(18(21)24)22-17(23)10-13-5-6-14(19)15(20)8-13/h2-8,16H,9-10H2,1H3,(H2,21,24)(H,22,23)/t16-/m0/s1. The molecular weight excluding hydrogens is 314 g/mol. The molecule has 0 aromatic heterocycles. The summed E-state index contributed by atoms with van der Waals surface area (Å²) in [6, 6.07) is 9.87. The number of benzene rings is 2. The molecule has 0 unspecified atom stereocenters. The number of halogens is 2. The molecule has 1 atom stereocenters. The van der Waals surface area contributed by atoms with Crippen LogP contribution in [0.15, 0.2) is 42.5 Å². The molecule has 0 fully saturated rings. The van der Waals surface area contributed by atoms with Gasteiger partial charge in [-0.05, 0) is 30.2 Å². The summed E-state index contributed by atoms with van der Waals surface area (Å²) in [6.45, 7) is 1.92. The van der Waals surface area contributed by atoms with Gasteiger partial charge in [0.1, 0.15) is 6.04 Å². The Balaban J connectivity index is 2.02. The van der Waals surface area contributed by atoms with Crippen molar-refractivity contribution in [3.05, 3.63) is 70.8 Å². The van der Waals surface area contributed by atoms with Gasteiger partial charge in [-0.2, -0.15) is 0 Å². The van der Waals surface area contributed by atoms with Gasteiger partial charge in [-0.15, -0.1) is 0 Å². The second-order valence-corrected chi connectivity index (χ2v) is 5.64. The van der Waals surface area contributed by atoms with Crippen molar-refractivity contribution in [2.75, 3.05) is 0 Å². The van der Waals surface area contributed by atoms with Crippen LogP contribution in [0, 0.1) is 18.6 Å². The second-order valence-electron chi connectivity index (χ2n) is 5.64. The molecule has 3 N–H and O–H groups in total. The van der Waals surface area contributed by atoms with Crippen LogP contribution in [0.25, 0.3) is 0 Å². The number of primary amides is 1. The maximum atomic E-state index is 13.2. The van der Waals surface area contributed by atoms with Crippen LogP contribution in [0.2, 0.25) is 0 Å². The number of carbonyl (C=O) groups is 2. The van der Waals surface area contributed by atoms with Crippen LogP contribution in [0.5, 0.6) is 0 Å². The van der Waals surface area contributed by atoms with E-state index in [1.165, 1.54) is 6.07 Å². The van der Waals surface area contributed by atoms with Crippen LogP contribution >= 0.6 is 0 Å². The monoisotopic (exact) mass is 332 g/mol. The first kappa shape index (κ1) is 17.6. The highest BCUT2D eigenvalue weighted by molar-refractivity contribution is 5.87. The molecule has 0 radical (unpaired) electrons. The fourth-order valence-corrected chi connectivity index (χ4v) is 2.38. The average Bonchev–Trinajstić information content (AvgIpc) is 2.50. The second kappa shape index (κ2) is 7.68. The van der Waals surface area contributed by atoms with Crippen molar-refractivity contribution in [3.63, 3.8) is 0 Å². The van der Waals surface area contributed by atoms with Gasteiger partial charge in [0.25, 0.3) is 0 Å². The maximum absolute atomic E-state index is 13.2. The van der Waals surface area contributed by atoms with E-state index in [9.17, 15) is 18.4 Å². The highest BCUT2D eigenvalue weighted by Gasteiger charge is 2.19. The van der Waals surface area contributed by atoms with Crippen molar-refractivity contribution in [3.8, 4) is 0 Å². The molecule has 2 rings (SSSR count). The summed E-state index contributed by atoms with van der Waals surface area (Å²) in [5, 5.41) is 2.54. The van der Waals surface area contributed by atoms with Gasteiger partial charge in [0.15, 0.2) is 11.6 Å². The Morgan fingerprint density at radius 1 is 1.08 bits per heavy atom. The zero-order chi connectivity index (χ0) is 17.7. The Labute approximate surface area is 138 Å². The number of hydrogen-bond acceptors (Lipinski definition) is 2. The molecule has 0 spiro atoms. The Kier molecular flexibility index (Phi) is 5.63. The van der Waals surface area contributed by atoms with E-state index in [4.69, 9.17) is 5.73 Å². The van der Waals surface area contributed by atoms with E-state index in [0.29, 0.717) is 5.56 Å². The predicted molar refractivity (Wildman–Crippen MR) is 86.1 cm³/mol. The van der Waals surface area contributed by atoms with E-state index in [-0.39, 0.29) is 12.8 Å². The molecule has 126 valence electrons. The summed E-state index contributed by atoms with van der Waals surface area (Å²) < 4.78 is 26.1. The summed E-state index contributed by atoms with van der Waals surface area (Å²) in [4.78, 5) is 23.6. The molecule has 0 bridgehead atoms. The van der Waals surface area contributed by atoms with Crippen LogP contribution in [0.4, 0.5) is 8.78 Å². The third kappa shape index (κ3) is 4.87. The maximum Gasteiger partial charge on any atom is 0.240 e. The highest BCUT2D eigenvalue weighted by Crippen LogP contribution is 2.10. The third-order valence-electron chi connectivity index (χ3n) is 3.55. The van der Waals surface area contributed by atoms with Gasteiger partial charge in [-0.1, -0.05) is 35.9 Å². The zero-order valence-electron chi connectivity index (χ0n) is 13.2. The van der Waals surface area contributed by atoms with Crippen LogP contribution in [0.3, 0.4) is 0 Å². The van der Waals surface area contributed by atoms with Crippen molar-refractivity contribution in [1.29, 1.82) is 0 Å². The molecule has 0 aliphatic rings. The molecule has 4 nitrogen and oxygen atoms in total. The molecule has 0 saturated carbocycles. The fourth-order valence-electron chi connectivity index (χ4n) is 2.38. The largest absolute Gasteiger partial charge is 0.368 e. The van der Waals surface area contributed by atoms with Gasteiger partial charge < -0.3 is 11.1 Å². The van der Waals surface area contributed by atoms with E-state index in [1.54, 1.807) is 0 Å². The van der Waals surface area contributed by atoms with E-state index >= 15 is 0 Å². The number of nitrogens with one attached hydrogen (secondary N) is 1. The number of amides is 2. The molecule has 0 heterocycles. The van der Waals surface area contributed by atoms with Gasteiger partial charge >= 0.3 is 0 Å². The molecule has 2 amide bonds. The van der Waals surface area contributed by atoms with Gasteiger partial charge in [0.2, 0.25) is 11.8 Å². The van der Waals surface area contributed by atoms with Gasteiger partial charge in [-0.25, -0.2) is 8.78 Å². The van der Waals surface area contributed by atoms with Crippen molar-refractivity contribution in [2.45, 2.75) is 25.8 Å². The van der Waals surface area contributed by atoms with Gasteiger partial charge in [0.05, 0.1) is 6.42 Å². The number of aryl methyl sites for hydroxylation is 1. The number of rotatable bonds is 6. The molecule has 0 aliphatic carbocycles. The van der Waals surface area contributed by atoms with Crippen LogP contribution in [0.1, 0.15) is 16.7 Å². The number of hydrogen-bond donors (Lipinski definition) is 2. The first-order valence-electron chi connectivity index (χ1n) is 7.43. The lowest BCUT2D eigenvalue weighted by atomic mass is 10.0. The van der Waals surface area contributed by atoms with Crippen LogP contribution < -0.4 is 11.1 Å². The SMILES string of the molecule is Cc1cccc(C[C@H](NC(=O)Cc2ccc(F)c(F)c2)C(N)=O)c1. The molecule has 6 heteroatoms. The van der Waals surface area contributed by atoms with Crippen LogP contribution in [-0.2, 0) is 22.4 Å². The lowest BCUT2D eigenvalue weighted by Gasteiger charge is -2.16.